The molecule has 0 bridgehead atoms. The molecule has 0 spiro atoms. The van der Waals surface area contributed by atoms with Gasteiger partial charge in [-0.2, -0.15) is 4.98 Å². The molecule has 0 saturated heterocycles. The molecule has 1 unspecified atom stereocenters. The van der Waals surface area contributed by atoms with Gasteiger partial charge in [0.05, 0.1) is 0 Å². The molecule has 2 rings (SSSR count). The lowest BCUT2D eigenvalue weighted by Crippen LogP contribution is -2.07. The summed E-state index contributed by atoms with van der Waals surface area (Å²) in [7, 11) is 0. The van der Waals surface area contributed by atoms with Crippen LogP contribution in [0.25, 0.3) is 0 Å². The van der Waals surface area contributed by atoms with Crippen LogP contribution in [0.15, 0.2) is 36.4 Å². The number of hydrogen-bond donors (Lipinski definition) is 0. The summed E-state index contributed by atoms with van der Waals surface area (Å²) in [5.74, 6) is 0.977. The van der Waals surface area contributed by atoms with Crippen molar-refractivity contribution >= 4 is 11.6 Å². The zero-order chi connectivity index (χ0) is 14.4. The van der Waals surface area contributed by atoms with Gasteiger partial charge in [0, 0.05) is 12.7 Å². The van der Waals surface area contributed by atoms with Gasteiger partial charge in [-0.25, -0.2) is 4.98 Å². The number of benzene rings is 1. The van der Waals surface area contributed by atoms with Crippen LogP contribution in [0.3, 0.4) is 0 Å². The molecule has 20 heavy (non-hydrogen) atoms. The van der Waals surface area contributed by atoms with E-state index in [1.54, 1.807) is 6.07 Å². The Morgan fingerprint density at radius 3 is 2.65 bits per heavy atom. The smallest absolute Gasteiger partial charge is 0.218 e. The topological polar surface area (TPSA) is 44.2 Å². The second-order valence-corrected chi connectivity index (χ2v) is 4.64. The minimum atomic E-state index is -0.109. The first-order chi connectivity index (χ1) is 9.69. The Bertz CT molecular complexity index is 549. The third-order valence-electron chi connectivity index (χ3n) is 2.72. The number of rotatable bonds is 6. The monoisotopic (exact) mass is 292 g/mol. The zero-order valence-electron chi connectivity index (χ0n) is 11.5. The molecule has 4 nitrogen and oxygen atoms in total. The minimum Gasteiger partial charge on any atom is -0.470 e. The van der Waals surface area contributed by atoms with Crippen LogP contribution in [0.1, 0.15) is 31.3 Å². The average Bonchev–Trinajstić information content (AvgIpc) is 2.45. The first-order valence-electron chi connectivity index (χ1n) is 6.52. The highest BCUT2D eigenvalue weighted by atomic mass is 35.5. The molecule has 0 fully saturated rings. The van der Waals surface area contributed by atoms with Crippen LogP contribution >= 0.6 is 11.6 Å². The fourth-order valence-electron chi connectivity index (χ4n) is 1.73. The number of halogens is 1. The van der Waals surface area contributed by atoms with Crippen molar-refractivity contribution in [3.63, 3.8) is 0 Å². The summed E-state index contributed by atoms with van der Waals surface area (Å²) >= 11 is 5.97. The molecular formula is C15H17ClN2O2. The number of aromatic nitrogens is 2. The summed E-state index contributed by atoms with van der Waals surface area (Å²) in [6, 6.07) is 11.5. The van der Waals surface area contributed by atoms with E-state index in [9.17, 15) is 0 Å². The van der Waals surface area contributed by atoms with Gasteiger partial charge in [0.1, 0.15) is 17.9 Å². The Balaban J connectivity index is 2.10. The predicted molar refractivity (Wildman–Crippen MR) is 77.9 cm³/mol. The Morgan fingerprint density at radius 1 is 1.20 bits per heavy atom. The molecule has 1 heterocycles. The van der Waals surface area contributed by atoms with Gasteiger partial charge < -0.3 is 9.47 Å². The Hall–Kier alpha value is -1.65. The molecule has 0 radical (unpaired) electrons. The second kappa shape index (κ2) is 7.22. The fourth-order valence-corrected chi connectivity index (χ4v) is 1.92. The maximum atomic E-state index is 5.97. The van der Waals surface area contributed by atoms with Crippen molar-refractivity contribution in [3.05, 3.63) is 52.9 Å². The summed E-state index contributed by atoms with van der Waals surface area (Å²) in [6.45, 7) is 4.81. The first-order valence-corrected chi connectivity index (χ1v) is 6.89. The van der Waals surface area contributed by atoms with Crippen LogP contribution in [0.2, 0.25) is 5.15 Å². The molecule has 0 N–H and O–H groups in total. The Kier molecular flexibility index (Phi) is 5.32. The maximum Gasteiger partial charge on any atom is 0.218 e. The molecule has 2 aromatic rings. The highest BCUT2D eigenvalue weighted by Crippen LogP contribution is 2.22. The van der Waals surface area contributed by atoms with Crippen LogP contribution in [0, 0.1) is 0 Å². The summed E-state index contributed by atoms with van der Waals surface area (Å²) in [5.41, 5.74) is 1.08. The van der Waals surface area contributed by atoms with E-state index >= 15 is 0 Å². The van der Waals surface area contributed by atoms with Gasteiger partial charge in [0.2, 0.25) is 5.88 Å². The molecule has 106 valence electrons. The van der Waals surface area contributed by atoms with Crippen molar-refractivity contribution < 1.29 is 9.47 Å². The Morgan fingerprint density at radius 2 is 1.95 bits per heavy atom. The van der Waals surface area contributed by atoms with Gasteiger partial charge in [-0.05, 0) is 19.4 Å². The van der Waals surface area contributed by atoms with E-state index in [2.05, 4.69) is 9.97 Å². The van der Waals surface area contributed by atoms with E-state index in [0.717, 1.165) is 5.56 Å². The van der Waals surface area contributed by atoms with Crippen LogP contribution in [0.5, 0.6) is 5.88 Å². The lowest BCUT2D eigenvalue weighted by atomic mass is 10.1. The van der Waals surface area contributed by atoms with Crippen molar-refractivity contribution in [3.8, 4) is 5.88 Å². The summed E-state index contributed by atoms with van der Waals surface area (Å²) in [5, 5.41) is 0.352. The highest BCUT2D eigenvalue weighted by molar-refractivity contribution is 6.29. The Labute approximate surface area is 123 Å². The van der Waals surface area contributed by atoms with Crippen LogP contribution < -0.4 is 4.74 Å². The van der Waals surface area contributed by atoms with E-state index in [0.29, 0.717) is 30.1 Å². The number of ether oxygens (including phenoxy) is 2. The quantitative estimate of drug-likeness (QED) is 0.760. The third-order valence-corrected chi connectivity index (χ3v) is 2.91. The van der Waals surface area contributed by atoms with Gasteiger partial charge in [-0.15, -0.1) is 0 Å². The van der Waals surface area contributed by atoms with E-state index in [4.69, 9.17) is 21.1 Å². The molecular weight excluding hydrogens is 276 g/mol. The SMILES string of the molecule is CCOCc1nc(Cl)cc(OC(C)c2ccccc2)n1. The molecule has 0 saturated carbocycles. The normalized spacial score (nSPS) is 12.2. The number of nitrogens with zero attached hydrogens (tertiary/aromatic N) is 2. The lowest BCUT2D eigenvalue weighted by molar-refractivity contribution is 0.126. The average molecular weight is 293 g/mol. The molecule has 0 aliphatic carbocycles. The van der Waals surface area contributed by atoms with Crippen molar-refractivity contribution in [2.75, 3.05) is 6.61 Å². The number of hydrogen-bond acceptors (Lipinski definition) is 4. The minimum absolute atomic E-state index is 0.109. The largest absolute Gasteiger partial charge is 0.470 e. The summed E-state index contributed by atoms with van der Waals surface area (Å²) in [4.78, 5) is 8.39. The van der Waals surface area contributed by atoms with Crippen molar-refractivity contribution in [1.82, 2.24) is 9.97 Å². The molecule has 0 aliphatic heterocycles. The zero-order valence-corrected chi connectivity index (χ0v) is 12.3. The van der Waals surface area contributed by atoms with Gasteiger partial charge in [0.15, 0.2) is 5.82 Å². The van der Waals surface area contributed by atoms with Crippen LogP contribution in [-0.2, 0) is 11.3 Å². The van der Waals surface area contributed by atoms with Crippen LogP contribution in [0.4, 0.5) is 0 Å². The summed E-state index contributed by atoms with van der Waals surface area (Å²) < 4.78 is 11.1. The standard InChI is InChI=1S/C15H17ClN2O2/c1-3-19-10-14-17-13(16)9-15(18-14)20-11(2)12-7-5-4-6-8-12/h4-9,11H,3,10H2,1-2H3. The molecule has 1 aromatic carbocycles. The molecule has 5 heteroatoms. The fraction of sp³-hybridized carbons (Fsp3) is 0.333. The lowest BCUT2D eigenvalue weighted by Gasteiger charge is -2.14. The van der Waals surface area contributed by atoms with Gasteiger partial charge >= 0.3 is 0 Å². The van der Waals surface area contributed by atoms with Crippen molar-refractivity contribution in [2.24, 2.45) is 0 Å². The van der Waals surface area contributed by atoms with Gasteiger partial charge in [-0.1, -0.05) is 41.9 Å². The maximum absolute atomic E-state index is 5.97. The third kappa shape index (κ3) is 4.18. The van der Waals surface area contributed by atoms with Gasteiger partial charge in [0.25, 0.3) is 0 Å². The van der Waals surface area contributed by atoms with E-state index in [-0.39, 0.29) is 6.10 Å². The van der Waals surface area contributed by atoms with E-state index in [1.165, 1.54) is 0 Å². The van der Waals surface area contributed by atoms with Crippen molar-refractivity contribution in [2.45, 2.75) is 26.6 Å². The molecule has 1 aromatic heterocycles. The van der Waals surface area contributed by atoms with Gasteiger partial charge in [-0.3, -0.25) is 0 Å². The molecule has 0 amide bonds. The first kappa shape index (κ1) is 14.8. The van der Waals surface area contributed by atoms with E-state index < -0.39 is 0 Å². The highest BCUT2D eigenvalue weighted by Gasteiger charge is 2.10. The molecule has 1 atom stereocenters. The second-order valence-electron chi connectivity index (χ2n) is 4.25. The molecule has 0 aliphatic rings. The van der Waals surface area contributed by atoms with Crippen LogP contribution in [-0.4, -0.2) is 16.6 Å². The summed E-state index contributed by atoms with van der Waals surface area (Å²) in [6.07, 6.45) is -0.109. The predicted octanol–water partition coefficient (Wildman–Crippen LogP) is 3.81. The van der Waals surface area contributed by atoms with E-state index in [1.807, 2.05) is 44.2 Å². The van der Waals surface area contributed by atoms with Crippen molar-refractivity contribution in [1.29, 1.82) is 0 Å².